The molecule has 1 aliphatic heterocycles. The molecule has 0 fully saturated rings. The van der Waals surface area contributed by atoms with Crippen molar-refractivity contribution < 1.29 is 13.2 Å². The summed E-state index contributed by atoms with van der Waals surface area (Å²) in [6, 6.07) is -0.452. The lowest BCUT2D eigenvalue weighted by Crippen LogP contribution is -2.35. The Hall–Kier alpha value is -1.63. The first kappa shape index (κ1) is 11.8. The highest BCUT2D eigenvalue weighted by Crippen LogP contribution is 2.10. The fourth-order valence-corrected chi connectivity index (χ4v) is 2.87. The fourth-order valence-electron chi connectivity index (χ4n) is 1.63. The first-order valence-corrected chi connectivity index (χ1v) is 6.81. The van der Waals surface area contributed by atoms with E-state index in [1.807, 2.05) is 0 Å². The third-order valence-corrected chi connectivity index (χ3v) is 4.12. The predicted octanol–water partition coefficient (Wildman–Crippen LogP) is -0.231. The monoisotopic (exact) mass is 255 g/mol. The Labute approximate surface area is 99.2 Å². The number of aryl methyl sites for hydroxylation is 1. The molecule has 17 heavy (non-hydrogen) atoms. The molecule has 0 radical (unpaired) electrons. The predicted molar refractivity (Wildman–Crippen MR) is 62.1 cm³/mol. The zero-order valence-electron chi connectivity index (χ0n) is 9.54. The summed E-state index contributed by atoms with van der Waals surface area (Å²) in [4.78, 5) is 11.9. The van der Waals surface area contributed by atoms with Crippen LogP contribution in [0.1, 0.15) is 16.1 Å². The van der Waals surface area contributed by atoms with E-state index in [9.17, 15) is 13.2 Å². The second kappa shape index (κ2) is 3.99. The largest absolute Gasteiger partial charge is 0.345 e. The van der Waals surface area contributed by atoms with E-state index >= 15 is 0 Å². The summed E-state index contributed by atoms with van der Waals surface area (Å²) in [5, 5.41) is 7.74. The van der Waals surface area contributed by atoms with Crippen molar-refractivity contribution in [3.8, 4) is 0 Å². The summed E-state index contributed by atoms with van der Waals surface area (Å²) < 4.78 is 23.9. The number of hydrogen-bond acceptors (Lipinski definition) is 4. The molecule has 92 valence electrons. The van der Waals surface area contributed by atoms with Crippen LogP contribution in [0.25, 0.3) is 0 Å². The van der Waals surface area contributed by atoms with Gasteiger partial charge in [0.15, 0.2) is 9.84 Å². The third kappa shape index (κ3) is 2.38. The molecule has 1 aromatic heterocycles. The molecule has 1 atom stereocenters. The van der Waals surface area contributed by atoms with Gasteiger partial charge in [-0.1, -0.05) is 0 Å². The van der Waals surface area contributed by atoms with E-state index in [1.54, 1.807) is 18.7 Å². The van der Waals surface area contributed by atoms with Gasteiger partial charge in [0, 0.05) is 18.1 Å². The maximum atomic E-state index is 11.9. The Bertz CT molecular complexity index is 586. The second-order valence-electron chi connectivity index (χ2n) is 4.01. The first-order valence-electron chi connectivity index (χ1n) is 5.09. The van der Waals surface area contributed by atoms with E-state index in [-0.39, 0.29) is 11.7 Å². The molecular weight excluding hydrogens is 242 g/mol. The van der Waals surface area contributed by atoms with Gasteiger partial charge in [0.2, 0.25) is 0 Å². The highest BCUT2D eigenvalue weighted by atomic mass is 32.2. The minimum Gasteiger partial charge on any atom is -0.345 e. The summed E-state index contributed by atoms with van der Waals surface area (Å²) in [5.41, 5.74) is 1.21. The number of rotatable bonds is 2. The van der Waals surface area contributed by atoms with Crippen LogP contribution in [0, 0.1) is 6.92 Å². The van der Waals surface area contributed by atoms with E-state index in [0.717, 1.165) is 11.1 Å². The smallest absolute Gasteiger partial charge is 0.255 e. The van der Waals surface area contributed by atoms with E-state index in [2.05, 4.69) is 10.4 Å². The standard InChI is InChI=1S/C10H13N3O3S/c1-7-9(5-11-13(7)2)10(14)12-8-3-4-17(15,16)6-8/h3-5,8H,6H2,1-2H3,(H,12,14)/t8-/m0/s1. The van der Waals surface area contributed by atoms with Crippen LogP contribution >= 0.6 is 0 Å². The lowest BCUT2D eigenvalue weighted by atomic mass is 10.2. The van der Waals surface area contributed by atoms with Crippen LogP contribution in [0.5, 0.6) is 0 Å². The van der Waals surface area contributed by atoms with Crippen molar-refractivity contribution in [3.63, 3.8) is 0 Å². The van der Waals surface area contributed by atoms with Crippen LogP contribution in [0.2, 0.25) is 0 Å². The topological polar surface area (TPSA) is 81.1 Å². The number of aromatic nitrogens is 2. The number of sulfone groups is 1. The van der Waals surface area contributed by atoms with Gasteiger partial charge < -0.3 is 5.32 Å². The number of amides is 1. The van der Waals surface area contributed by atoms with Crippen molar-refractivity contribution in [2.75, 3.05) is 5.75 Å². The van der Waals surface area contributed by atoms with Crippen molar-refractivity contribution >= 4 is 15.7 Å². The molecule has 0 aromatic carbocycles. The third-order valence-electron chi connectivity index (χ3n) is 2.73. The fraction of sp³-hybridized carbons (Fsp3) is 0.400. The molecule has 1 N–H and O–H groups in total. The zero-order valence-corrected chi connectivity index (χ0v) is 10.4. The minimum atomic E-state index is -3.14. The van der Waals surface area contributed by atoms with Crippen molar-refractivity contribution in [2.45, 2.75) is 13.0 Å². The maximum absolute atomic E-state index is 11.9. The average Bonchev–Trinajstić information content (AvgIpc) is 2.72. The molecule has 1 aliphatic rings. The van der Waals surface area contributed by atoms with Gasteiger partial charge in [-0.3, -0.25) is 9.48 Å². The Morgan fingerprint density at radius 1 is 1.59 bits per heavy atom. The minimum absolute atomic E-state index is 0.0714. The van der Waals surface area contributed by atoms with E-state index in [0.29, 0.717) is 5.56 Å². The molecule has 7 heteroatoms. The van der Waals surface area contributed by atoms with Gasteiger partial charge in [-0.15, -0.1) is 0 Å². The van der Waals surface area contributed by atoms with Gasteiger partial charge in [0.1, 0.15) is 0 Å². The molecule has 0 unspecified atom stereocenters. The van der Waals surface area contributed by atoms with Gasteiger partial charge in [-0.2, -0.15) is 5.10 Å². The summed E-state index contributed by atoms with van der Waals surface area (Å²) in [6.45, 7) is 1.78. The summed E-state index contributed by atoms with van der Waals surface area (Å²) in [5.74, 6) is -0.375. The summed E-state index contributed by atoms with van der Waals surface area (Å²) in [6.07, 6.45) is 2.96. The van der Waals surface area contributed by atoms with Crippen LogP contribution in [0.4, 0.5) is 0 Å². The van der Waals surface area contributed by atoms with E-state index in [1.165, 1.54) is 12.3 Å². The van der Waals surface area contributed by atoms with Crippen LogP contribution in [0.15, 0.2) is 17.7 Å². The number of nitrogens with zero attached hydrogens (tertiary/aromatic N) is 2. The van der Waals surface area contributed by atoms with E-state index in [4.69, 9.17) is 0 Å². The Morgan fingerprint density at radius 2 is 2.29 bits per heavy atom. The first-order chi connectivity index (χ1) is 7.89. The van der Waals surface area contributed by atoms with Crippen LogP contribution in [0.3, 0.4) is 0 Å². The van der Waals surface area contributed by atoms with Gasteiger partial charge in [0.05, 0.1) is 23.6 Å². The summed E-state index contributed by atoms with van der Waals surface area (Å²) >= 11 is 0. The number of nitrogens with one attached hydrogen (secondary N) is 1. The molecule has 0 saturated heterocycles. The lowest BCUT2D eigenvalue weighted by Gasteiger charge is -2.09. The molecule has 2 heterocycles. The van der Waals surface area contributed by atoms with Crippen molar-refractivity contribution in [3.05, 3.63) is 28.9 Å². The zero-order chi connectivity index (χ0) is 12.6. The molecular formula is C10H13N3O3S. The average molecular weight is 255 g/mol. The van der Waals surface area contributed by atoms with Gasteiger partial charge in [-0.25, -0.2) is 8.42 Å². The summed E-state index contributed by atoms with van der Waals surface area (Å²) in [7, 11) is -1.40. The van der Waals surface area contributed by atoms with E-state index < -0.39 is 15.9 Å². The van der Waals surface area contributed by atoms with Gasteiger partial charge in [0.25, 0.3) is 5.91 Å². The Kier molecular flexibility index (Phi) is 2.78. The molecule has 6 nitrogen and oxygen atoms in total. The van der Waals surface area contributed by atoms with Gasteiger partial charge >= 0.3 is 0 Å². The molecule has 1 aromatic rings. The van der Waals surface area contributed by atoms with Gasteiger partial charge in [-0.05, 0) is 13.0 Å². The maximum Gasteiger partial charge on any atom is 0.255 e. The lowest BCUT2D eigenvalue weighted by molar-refractivity contribution is 0.0947. The highest BCUT2D eigenvalue weighted by Gasteiger charge is 2.24. The molecule has 0 bridgehead atoms. The normalized spacial score (nSPS) is 21.6. The highest BCUT2D eigenvalue weighted by molar-refractivity contribution is 7.94. The molecule has 0 saturated carbocycles. The second-order valence-corrected chi connectivity index (χ2v) is 5.94. The van der Waals surface area contributed by atoms with Crippen LogP contribution in [-0.4, -0.2) is 35.9 Å². The Balaban J connectivity index is 2.09. The quantitative estimate of drug-likeness (QED) is 0.791. The number of carbonyl (C=O) groups is 1. The molecule has 0 spiro atoms. The number of hydrogen-bond donors (Lipinski definition) is 1. The molecule has 1 amide bonds. The SMILES string of the molecule is Cc1c(C(=O)N[C@H]2C=CS(=O)(=O)C2)cnn1C. The van der Waals surface area contributed by atoms with Crippen molar-refractivity contribution in [1.82, 2.24) is 15.1 Å². The van der Waals surface area contributed by atoms with Crippen molar-refractivity contribution in [2.24, 2.45) is 7.05 Å². The van der Waals surface area contributed by atoms with Crippen molar-refractivity contribution in [1.29, 1.82) is 0 Å². The van der Waals surface area contributed by atoms with Crippen LogP contribution < -0.4 is 5.32 Å². The van der Waals surface area contributed by atoms with Crippen LogP contribution in [-0.2, 0) is 16.9 Å². The Morgan fingerprint density at radius 3 is 2.76 bits per heavy atom. The molecule has 0 aliphatic carbocycles. The molecule has 2 rings (SSSR count). The number of carbonyl (C=O) groups excluding carboxylic acids is 1.